The molecule has 4 atom stereocenters. The molecule has 9 rings (SSSR count). The largest absolute Gasteiger partial charge is 0.497 e. The first-order chi connectivity index (χ1) is 44.8. The number of fused-ring (bicyclic) bond motifs is 8. The van der Waals surface area contributed by atoms with E-state index in [2.05, 4.69) is 31.5 Å². The first-order valence-corrected chi connectivity index (χ1v) is 31.5. The molecule has 498 valence electrons. The number of nitrogens with two attached hydrogens (primary N) is 1. The van der Waals surface area contributed by atoms with Crippen LogP contribution >= 0.6 is 0 Å². The van der Waals surface area contributed by atoms with Gasteiger partial charge in [-0.05, 0) is 110 Å². The molecule has 4 aromatic carbocycles. The van der Waals surface area contributed by atoms with Crippen LogP contribution in [0.2, 0.25) is 0 Å². The summed E-state index contributed by atoms with van der Waals surface area (Å²) in [4.78, 5) is 115. The highest BCUT2D eigenvalue weighted by molar-refractivity contribution is 6.15. The van der Waals surface area contributed by atoms with Crippen LogP contribution in [0.25, 0.3) is 32.6 Å². The van der Waals surface area contributed by atoms with Gasteiger partial charge in [0.05, 0.1) is 50.8 Å². The van der Waals surface area contributed by atoms with E-state index in [0.717, 1.165) is 51.5 Å². The lowest BCUT2D eigenvalue weighted by molar-refractivity contribution is -0.154. The molecular weight excluding hydrogens is 1200 g/mol. The van der Waals surface area contributed by atoms with Crippen molar-refractivity contribution >= 4 is 80.0 Å². The third-order valence-electron chi connectivity index (χ3n) is 17.4. The van der Waals surface area contributed by atoms with Gasteiger partial charge >= 0.3 is 18.1 Å². The Morgan fingerprint density at radius 2 is 1.46 bits per heavy atom. The van der Waals surface area contributed by atoms with Gasteiger partial charge in [0.15, 0.2) is 23.0 Å². The second kappa shape index (κ2) is 31.7. The van der Waals surface area contributed by atoms with Gasteiger partial charge < -0.3 is 80.0 Å². The number of ether oxygens (including phenoxy) is 7. The Bertz CT molecular complexity index is 3750. The molecule has 3 aliphatic rings. The number of esters is 1. The maximum absolute atomic E-state index is 14.5. The molecular formula is C67H84N10O16. The maximum Gasteiger partial charge on any atom is 0.409 e. The van der Waals surface area contributed by atoms with Gasteiger partial charge in [-0.2, -0.15) is 0 Å². The number of anilines is 1. The molecule has 2 fully saturated rings. The number of hydrogen-bond donors (Lipinski definition) is 7. The van der Waals surface area contributed by atoms with Crippen LogP contribution in [0.4, 0.5) is 15.3 Å². The van der Waals surface area contributed by atoms with Crippen LogP contribution in [-0.2, 0) is 59.6 Å². The molecule has 5 heterocycles. The highest BCUT2D eigenvalue weighted by atomic mass is 16.7. The zero-order valence-electron chi connectivity index (χ0n) is 53.5. The van der Waals surface area contributed by atoms with Crippen LogP contribution in [0.15, 0.2) is 77.7 Å². The van der Waals surface area contributed by atoms with Crippen molar-refractivity contribution in [1.82, 2.24) is 40.6 Å². The van der Waals surface area contributed by atoms with Gasteiger partial charge in [0.25, 0.3) is 5.56 Å². The summed E-state index contributed by atoms with van der Waals surface area (Å²) in [6.07, 6.45) is 7.21. The minimum atomic E-state index is -1.11. The van der Waals surface area contributed by atoms with Crippen molar-refractivity contribution in [3.05, 3.63) is 100.0 Å². The molecule has 3 aliphatic heterocycles. The minimum absolute atomic E-state index is 0.0459. The topological polar surface area (TPSA) is 332 Å². The number of methoxy groups -OCH3 is 3. The number of aliphatic hydroxyl groups excluding tert-OH is 1. The number of aliphatic hydroxyl groups is 1. The molecule has 26 nitrogen and oxygen atoms in total. The second-order valence-corrected chi connectivity index (χ2v) is 24.0. The van der Waals surface area contributed by atoms with Crippen LogP contribution in [0.3, 0.4) is 0 Å². The standard InChI is InChI=1S/C67H84N10O16/c1-39(2)61(74-59(80)21-20-58(79)69-22-7-8-24-76-44-11-9-12-45(76)30-47(29-44)93-60(81)28-42-27-46(87-4)19-16-41(42)36-78)64(83)73-52(13-10-23-70-66(68)85)63(82)72-43-17-14-40(15-18-43)37-90-67(86)75(3)25-26-77-62-50-33-56-57(92-38-91-56)34-53(50)71-35-51(62)48-31-54(88-5)55(89-6)32-49(48)65(77)84/h14-19,27,31-35,39,44-45,47,52,61,78H,7-13,20-26,28-30,36-38H2,1-6H3,(H,69,79)(H,72,82)(H,73,83)(H,74,80)(H3,68,70,85)/t44?,45?,47?,52-,61-/m0/s1. The summed E-state index contributed by atoms with van der Waals surface area (Å²) in [6, 6.07) is 16.4. The minimum Gasteiger partial charge on any atom is -0.497 e. The van der Waals surface area contributed by atoms with Crippen LogP contribution < -0.4 is 61.6 Å². The number of carbonyl (C=O) groups is 7. The average Bonchev–Trinajstić information content (AvgIpc) is 1.43. The van der Waals surface area contributed by atoms with Crippen LogP contribution in [0, 0.1) is 5.92 Å². The number of piperidine rings is 2. The predicted octanol–water partition coefficient (Wildman–Crippen LogP) is 6.08. The van der Waals surface area contributed by atoms with Crippen LogP contribution in [0.5, 0.6) is 28.7 Å². The van der Waals surface area contributed by atoms with Crippen molar-refractivity contribution in [3.8, 4) is 28.7 Å². The zero-order chi connectivity index (χ0) is 66.3. The maximum atomic E-state index is 14.5. The Kier molecular flexibility index (Phi) is 23.2. The van der Waals surface area contributed by atoms with E-state index in [1.54, 1.807) is 105 Å². The average molecular weight is 1290 g/mol. The van der Waals surface area contributed by atoms with Crippen molar-refractivity contribution < 1.29 is 71.8 Å². The number of nitrogens with one attached hydrogen (secondary N) is 5. The van der Waals surface area contributed by atoms with Gasteiger partial charge in [0, 0.05) is 105 Å². The van der Waals surface area contributed by atoms with E-state index < -0.39 is 47.8 Å². The molecule has 2 unspecified atom stereocenters. The van der Waals surface area contributed by atoms with Gasteiger partial charge in [-0.15, -0.1) is 0 Å². The molecule has 8 N–H and O–H groups in total. The Morgan fingerprint density at radius 3 is 2.15 bits per heavy atom. The number of rotatable bonds is 30. The number of urea groups is 1. The Labute approximate surface area is 538 Å². The van der Waals surface area contributed by atoms with Gasteiger partial charge in [0.1, 0.15) is 30.5 Å². The molecule has 6 aromatic rings. The molecule has 26 heteroatoms. The fraction of sp³-hybridized carbons (Fsp3) is 0.478. The molecule has 2 aromatic heterocycles. The van der Waals surface area contributed by atoms with E-state index in [1.807, 2.05) is 0 Å². The van der Waals surface area contributed by atoms with Crippen molar-refractivity contribution in [2.75, 3.05) is 66.7 Å². The summed E-state index contributed by atoms with van der Waals surface area (Å²) in [5.41, 5.74) is 8.39. The summed E-state index contributed by atoms with van der Waals surface area (Å²) in [5.74, 6) is -0.300. The summed E-state index contributed by atoms with van der Waals surface area (Å²) >= 11 is 0. The third-order valence-corrected chi connectivity index (χ3v) is 17.4. The molecule has 0 radical (unpaired) electrons. The number of carbonyl (C=O) groups excluding carboxylic acids is 7. The Hall–Kier alpha value is -9.43. The number of benzene rings is 4. The number of unbranched alkanes of at least 4 members (excludes halogenated alkanes) is 1. The Morgan fingerprint density at radius 1 is 0.763 bits per heavy atom. The number of primary amides is 1. The normalized spacial score (nSPS) is 16.5. The van der Waals surface area contributed by atoms with Crippen molar-refractivity contribution in [3.63, 3.8) is 0 Å². The monoisotopic (exact) mass is 1280 g/mol. The lowest BCUT2D eigenvalue weighted by Gasteiger charge is -2.48. The van der Waals surface area contributed by atoms with Gasteiger partial charge in [-0.1, -0.05) is 38.5 Å². The summed E-state index contributed by atoms with van der Waals surface area (Å²) < 4.78 is 41.0. The van der Waals surface area contributed by atoms with Gasteiger partial charge in [0.2, 0.25) is 30.4 Å². The first kappa shape index (κ1) is 67.9. The number of likely N-dealkylation sites (N-methyl/N-ethyl adjacent to an activating group) is 1. The molecule has 2 saturated heterocycles. The van der Waals surface area contributed by atoms with E-state index in [9.17, 15) is 43.5 Å². The molecule has 0 spiro atoms. The smallest absolute Gasteiger partial charge is 0.409 e. The SMILES string of the molecule is COc1ccc(CO)c(CC(=O)OC2CC3CCCC(C2)N3CCCCNC(=O)CCC(=O)N[C@H](C(=O)N[C@@H](CCCNC(N)=O)C(=O)Nc2ccc(COC(=O)N(C)CCn3c(=O)c4cc(OC)c(OC)cc4c4cnc5cc6c(cc5c43)OCO6)cc2)C(C)C)c1. The quantitative estimate of drug-likeness (QED) is 0.0153. The zero-order valence-corrected chi connectivity index (χ0v) is 53.5. The van der Waals surface area contributed by atoms with Gasteiger partial charge in [-0.3, -0.25) is 38.7 Å². The highest BCUT2D eigenvalue weighted by Gasteiger charge is 2.39. The lowest BCUT2D eigenvalue weighted by Crippen LogP contribution is -2.54. The Balaban J connectivity index is 0.721. The number of nitrogens with zero attached hydrogens (tertiary/aromatic N) is 4. The van der Waals surface area contributed by atoms with E-state index in [0.29, 0.717) is 102 Å². The number of aromatic nitrogens is 2. The van der Waals surface area contributed by atoms with Crippen LogP contribution in [0.1, 0.15) is 101 Å². The molecule has 7 amide bonds. The fourth-order valence-corrected chi connectivity index (χ4v) is 12.4. The first-order valence-electron chi connectivity index (χ1n) is 31.5. The van der Waals surface area contributed by atoms with Crippen LogP contribution in [-0.4, -0.2) is 158 Å². The van der Waals surface area contributed by atoms with Crippen molar-refractivity contribution in [1.29, 1.82) is 0 Å². The van der Waals surface area contributed by atoms with Crippen molar-refractivity contribution in [2.24, 2.45) is 11.7 Å². The third kappa shape index (κ3) is 17.2. The van der Waals surface area contributed by atoms with Gasteiger partial charge in [-0.25, -0.2) is 9.59 Å². The molecule has 0 aliphatic carbocycles. The fourth-order valence-electron chi connectivity index (χ4n) is 12.4. The summed E-state index contributed by atoms with van der Waals surface area (Å²) in [7, 11) is 6.12. The van der Waals surface area contributed by atoms with E-state index >= 15 is 0 Å². The predicted molar refractivity (Wildman–Crippen MR) is 345 cm³/mol. The molecule has 2 bridgehead atoms. The summed E-state index contributed by atoms with van der Waals surface area (Å²) in [6.45, 7) is 4.76. The number of pyridine rings is 2. The second-order valence-electron chi connectivity index (χ2n) is 24.0. The lowest BCUT2D eigenvalue weighted by atomic mass is 9.82. The number of hydrogen-bond acceptors (Lipinski definition) is 18. The highest BCUT2D eigenvalue weighted by Crippen LogP contribution is 2.41. The van der Waals surface area contributed by atoms with Crippen molar-refractivity contribution in [2.45, 2.75) is 141 Å². The number of amides is 7. The molecule has 93 heavy (non-hydrogen) atoms. The van der Waals surface area contributed by atoms with E-state index in [4.69, 9.17) is 43.9 Å². The summed E-state index contributed by atoms with van der Waals surface area (Å²) in [5, 5.41) is 25.8. The molecule has 0 saturated carbocycles. The van der Waals surface area contributed by atoms with E-state index in [1.165, 1.54) is 19.1 Å². The van der Waals surface area contributed by atoms with E-state index in [-0.39, 0.29) is 95.3 Å².